The summed E-state index contributed by atoms with van der Waals surface area (Å²) >= 11 is 0. The maximum Gasteiger partial charge on any atom is 0.223 e. The van der Waals surface area contributed by atoms with E-state index in [2.05, 4.69) is 6.58 Å². The van der Waals surface area contributed by atoms with Gasteiger partial charge in [0.25, 0.3) is 0 Å². The van der Waals surface area contributed by atoms with E-state index in [9.17, 15) is 4.79 Å². The molecule has 2 N–H and O–H groups in total. The van der Waals surface area contributed by atoms with Gasteiger partial charge in [-0.2, -0.15) is 0 Å². The van der Waals surface area contributed by atoms with Gasteiger partial charge in [0, 0.05) is 19.8 Å². The van der Waals surface area contributed by atoms with Gasteiger partial charge in [-0.25, -0.2) is 0 Å². The highest BCUT2D eigenvalue weighted by molar-refractivity contribution is 5.80. The first kappa shape index (κ1) is 14.6. The Balaban J connectivity index is 3.26. The Morgan fingerprint density at radius 3 is 2.67 bits per heavy atom. The van der Waals surface area contributed by atoms with Crippen molar-refractivity contribution in [1.29, 1.82) is 0 Å². The predicted molar refractivity (Wildman–Crippen MR) is 67.7 cm³/mol. The lowest BCUT2D eigenvalue weighted by Gasteiger charge is -2.41. The van der Waals surface area contributed by atoms with E-state index in [-0.39, 0.29) is 6.61 Å². The molecule has 5 nitrogen and oxygen atoms in total. The van der Waals surface area contributed by atoms with Crippen molar-refractivity contribution >= 4 is 6.29 Å². The molecule has 0 amide bonds. The van der Waals surface area contributed by atoms with Crippen LogP contribution in [0.2, 0.25) is 0 Å². The molecule has 0 radical (unpaired) electrons. The quantitative estimate of drug-likeness (QED) is 0.433. The van der Waals surface area contributed by atoms with Crippen molar-refractivity contribution in [2.75, 3.05) is 20.8 Å². The fraction of sp³-hybridized carbons (Fsp3) is 0.462. The highest BCUT2D eigenvalue weighted by atomic mass is 16.7. The summed E-state index contributed by atoms with van der Waals surface area (Å²) in [6, 6.07) is 0. The molecule has 18 heavy (non-hydrogen) atoms. The maximum atomic E-state index is 11.0. The zero-order valence-electron chi connectivity index (χ0n) is 10.9. The van der Waals surface area contributed by atoms with Crippen LogP contribution in [-0.2, 0) is 19.0 Å². The van der Waals surface area contributed by atoms with E-state index in [0.29, 0.717) is 17.6 Å². The second-order valence-electron chi connectivity index (χ2n) is 3.94. The van der Waals surface area contributed by atoms with Crippen molar-refractivity contribution < 1.29 is 19.0 Å². The van der Waals surface area contributed by atoms with Crippen LogP contribution in [0.15, 0.2) is 35.6 Å². The zero-order valence-corrected chi connectivity index (χ0v) is 10.9. The van der Waals surface area contributed by atoms with Gasteiger partial charge >= 0.3 is 0 Å². The van der Waals surface area contributed by atoms with Crippen LogP contribution >= 0.6 is 0 Å². The molecule has 0 fully saturated rings. The fourth-order valence-corrected chi connectivity index (χ4v) is 2.06. The summed E-state index contributed by atoms with van der Waals surface area (Å²) in [5, 5.41) is 0. The maximum absolute atomic E-state index is 11.0. The third-order valence-corrected chi connectivity index (χ3v) is 2.96. The van der Waals surface area contributed by atoms with Crippen LogP contribution in [0.5, 0.6) is 0 Å². The Bertz CT molecular complexity index is 400. The number of aldehydes is 1. The lowest BCUT2D eigenvalue weighted by atomic mass is 9.89. The number of carbonyl (C=O) groups is 1. The normalized spacial score (nSPS) is 27.9. The van der Waals surface area contributed by atoms with Crippen molar-refractivity contribution in [2.45, 2.75) is 18.8 Å². The second kappa shape index (κ2) is 5.95. The summed E-state index contributed by atoms with van der Waals surface area (Å²) in [4.78, 5) is 11.0. The van der Waals surface area contributed by atoms with Gasteiger partial charge in [0.2, 0.25) is 5.79 Å². The van der Waals surface area contributed by atoms with E-state index in [1.54, 1.807) is 19.1 Å². The van der Waals surface area contributed by atoms with Crippen LogP contribution in [0, 0.1) is 0 Å². The van der Waals surface area contributed by atoms with Gasteiger partial charge in [0.1, 0.15) is 0 Å². The molecule has 5 heteroatoms. The number of hydrogen-bond donors (Lipinski definition) is 1. The standard InChI is InChI=1S/C13H19NO4/c1-5-6-18-13(17-4)9(2)7-10(8-15)11(14)12(13)16-3/h5,7-8,12H,1,6,14H2,2-4H3. The van der Waals surface area contributed by atoms with Crippen molar-refractivity contribution in [2.24, 2.45) is 5.73 Å². The smallest absolute Gasteiger partial charge is 0.223 e. The van der Waals surface area contributed by atoms with E-state index in [4.69, 9.17) is 19.9 Å². The number of rotatable bonds is 6. The molecule has 0 aromatic heterocycles. The summed E-state index contributed by atoms with van der Waals surface area (Å²) in [6.07, 6.45) is 3.27. The highest BCUT2D eigenvalue weighted by Crippen LogP contribution is 2.36. The molecule has 1 aliphatic rings. The summed E-state index contributed by atoms with van der Waals surface area (Å²) in [5.74, 6) is -1.13. The lowest BCUT2D eigenvalue weighted by molar-refractivity contribution is -0.240. The first-order valence-electron chi connectivity index (χ1n) is 5.53. The van der Waals surface area contributed by atoms with E-state index in [1.165, 1.54) is 14.2 Å². The topological polar surface area (TPSA) is 70.8 Å². The number of carbonyl (C=O) groups excluding carboxylic acids is 1. The van der Waals surface area contributed by atoms with Crippen molar-refractivity contribution in [3.8, 4) is 0 Å². The molecule has 1 aliphatic carbocycles. The van der Waals surface area contributed by atoms with Crippen LogP contribution in [0.3, 0.4) is 0 Å². The predicted octanol–water partition coefficient (Wildman–Crippen LogP) is 0.918. The SMILES string of the molecule is C=CCOC1(OC)C(C)=CC(C=O)=C(N)C1OC. The largest absolute Gasteiger partial charge is 0.399 e. The second-order valence-corrected chi connectivity index (χ2v) is 3.94. The summed E-state index contributed by atoms with van der Waals surface area (Å²) < 4.78 is 16.5. The Kier molecular flexibility index (Phi) is 4.84. The number of methoxy groups -OCH3 is 2. The van der Waals surface area contributed by atoms with Crippen LogP contribution in [0.25, 0.3) is 0 Å². The van der Waals surface area contributed by atoms with E-state index >= 15 is 0 Å². The van der Waals surface area contributed by atoms with E-state index < -0.39 is 11.9 Å². The van der Waals surface area contributed by atoms with Gasteiger partial charge in [-0.05, 0) is 18.6 Å². The molecule has 2 atom stereocenters. The minimum Gasteiger partial charge on any atom is -0.399 e. The minimum atomic E-state index is -1.13. The lowest BCUT2D eigenvalue weighted by Crippen LogP contribution is -2.53. The molecule has 0 saturated carbocycles. The Morgan fingerprint density at radius 1 is 1.56 bits per heavy atom. The summed E-state index contributed by atoms with van der Waals surface area (Å²) in [7, 11) is 3.00. The van der Waals surface area contributed by atoms with Crippen LogP contribution < -0.4 is 5.73 Å². The average Bonchev–Trinajstić information content (AvgIpc) is 2.39. The van der Waals surface area contributed by atoms with E-state index in [1.807, 2.05) is 0 Å². The van der Waals surface area contributed by atoms with Gasteiger partial charge in [0.15, 0.2) is 12.4 Å². The first-order valence-corrected chi connectivity index (χ1v) is 5.53. The third-order valence-electron chi connectivity index (χ3n) is 2.96. The zero-order chi connectivity index (χ0) is 13.8. The molecular formula is C13H19NO4. The average molecular weight is 253 g/mol. The van der Waals surface area contributed by atoms with Crippen molar-refractivity contribution in [3.05, 3.63) is 35.6 Å². The monoisotopic (exact) mass is 253 g/mol. The number of hydrogen-bond acceptors (Lipinski definition) is 5. The third kappa shape index (κ3) is 2.25. The summed E-state index contributed by atoms with van der Waals surface area (Å²) in [6.45, 7) is 5.68. The van der Waals surface area contributed by atoms with Gasteiger partial charge < -0.3 is 19.9 Å². The molecule has 0 spiro atoms. The van der Waals surface area contributed by atoms with Gasteiger partial charge in [-0.15, -0.1) is 6.58 Å². The fourth-order valence-electron chi connectivity index (χ4n) is 2.06. The number of ether oxygens (including phenoxy) is 3. The molecule has 1 rings (SSSR count). The van der Waals surface area contributed by atoms with E-state index in [0.717, 1.165) is 5.57 Å². The first-order chi connectivity index (χ1) is 8.57. The molecule has 0 heterocycles. The number of nitrogens with two attached hydrogens (primary N) is 1. The minimum absolute atomic E-state index is 0.280. The molecule has 0 saturated heterocycles. The molecule has 2 unspecified atom stereocenters. The molecule has 0 aliphatic heterocycles. The Labute approximate surface area is 107 Å². The molecule has 0 bridgehead atoms. The Morgan fingerprint density at radius 2 is 2.22 bits per heavy atom. The van der Waals surface area contributed by atoms with Crippen molar-refractivity contribution in [1.82, 2.24) is 0 Å². The van der Waals surface area contributed by atoms with Crippen LogP contribution in [0.1, 0.15) is 6.92 Å². The van der Waals surface area contributed by atoms with Crippen molar-refractivity contribution in [3.63, 3.8) is 0 Å². The van der Waals surface area contributed by atoms with Crippen LogP contribution in [-0.4, -0.2) is 39.0 Å². The van der Waals surface area contributed by atoms with Crippen LogP contribution in [0.4, 0.5) is 0 Å². The molecular weight excluding hydrogens is 234 g/mol. The Hall–Kier alpha value is -1.43. The molecule has 0 aromatic carbocycles. The summed E-state index contributed by atoms with van der Waals surface area (Å²) in [5.41, 5.74) is 7.32. The highest BCUT2D eigenvalue weighted by Gasteiger charge is 2.47. The van der Waals surface area contributed by atoms with Gasteiger partial charge in [-0.3, -0.25) is 4.79 Å². The number of allylic oxidation sites excluding steroid dienone is 2. The molecule has 0 aromatic rings. The van der Waals surface area contributed by atoms with Gasteiger partial charge in [0.05, 0.1) is 12.3 Å². The molecule has 100 valence electrons. The van der Waals surface area contributed by atoms with Gasteiger partial charge in [-0.1, -0.05) is 6.08 Å².